The van der Waals surface area contributed by atoms with Gasteiger partial charge in [-0.3, -0.25) is 4.79 Å². The van der Waals surface area contributed by atoms with Gasteiger partial charge in [-0.2, -0.15) is 0 Å². The Labute approximate surface area is 173 Å². The summed E-state index contributed by atoms with van der Waals surface area (Å²) < 4.78 is 11.5. The molecule has 2 heterocycles. The highest BCUT2D eigenvalue weighted by atomic mass is 16.5. The Kier molecular flexibility index (Phi) is 8.15. The maximum Gasteiger partial charge on any atom is 0.255 e. The van der Waals surface area contributed by atoms with E-state index in [1.54, 1.807) is 0 Å². The molecule has 1 aromatic rings. The van der Waals surface area contributed by atoms with Gasteiger partial charge in [0.15, 0.2) is 11.5 Å². The topological polar surface area (TPSA) is 83.1 Å². The van der Waals surface area contributed by atoms with Gasteiger partial charge >= 0.3 is 0 Å². The number of ether oxygens (including phenoxy) is 2. The zero-order valence-corrected chi connectivity index (χ0v) is 17.7. The number of rotatable bonds is 8. The molecule has 1 saturated heterocycles. The molecule has 3 N–H and O–H groups in total. The quantitative estimate of drug-likeness (QED) is 0.570. The summed E-state index contributed by atoms with van der Waals surface area (Å²) >= 11 is 0. The van der Waals surface area contributed by atoms with E-state index in [2.05, 4.69) is 15.5 Å². The highest BCUT2D eigenvalue weighted by Gasteiger charge is 2.28. The first-order valence-electron chi connectivity index (χ1n) is 10.8. The van der Waals surface area contributed by atoms with Crippen LogP contribution in [-0.2, 0) is 0 Å². The van der Waals surface area contributed by atoms with Crippen LogP contribution in [0.25, 0.3) is 0 Å². The molecule has 2 aliphatic heterocycles. The lowest BCUT2D eigenvalue weighted by Crippen LogP contribution is -2.47. The molecular formula is C22H35N3O4. The number of β-amino-alcohol motifs (C(OH)–C–C–N with tert-alkyl or cyclic N) is 1. The Morgan fingerprint density at radius 2 is 2.10 bits per heavy atom. The van der Waals surface area contributed by atoms with Crippen LogP contribution in [0, 0.1) is 12.8 Å². The highest BCUT2D eigenvalue weighted by Crippen LogP contribution is 2.34. The van der Waals surface area contributed by atoms with Gasteiger partial charge in [-0.1, -0.05) is 0 Å². The van der Waals surface area contributed by atoms with E-state index in [0.29, 0.717) is 43.4 Å². The van der Waals surface area contributed by atoms with Gasteiger partial charge in [0.05, 0.1) is 24.9 Å². The van der Waals surface area contributed by atoms with Crippen LogP contribution in [-0.4, -0.2) is 75.0 Å². The van der Waals surface area contributed by atoms with E-state index in [1.165, 1.54) is 0 Å². The number of likely N-dealkylation sites (tertiary alicyclic amines) is 1. The molecule has 0 radical (unpaired) electrons. The van der Waals surface area contributed by atoms with E-state index in [9.17, 15) is 9.90 Å². The van der Waals surface area contributed by atoms with Crippen LogP contribution in [0.15, 0.2) is 12.1 Å². The van der Waals surface area contributed by atoms with E-state index in [1.807, 2.05) is 26.1 Å². The zero-order chi connectivity index (χ0) is 20.6. The number of nitrogens with zero attached hydrogens (tertiary/aromatic N) is 1. The molecule has 0 aromatic heterocycles. The molecular weight excluding hydrogens is 370 g/mol. The number of carbonyl (C=O) groups is 1. The largest absolute Gasteiger partial charge is 0.490 e. The number of amides is 1. The summed E-state index contributed by atoms with van der Waals surface area (Å²) in [4.78, 5) is 15.2. The number of hydrogen-bond donors (Lipinski definition) is 3. The van der Waals surface area contributed by atoms with Crippen LogP contribution >= 0.6 is 0 Å². The number of aliphatic hydroxyl groups excluding tert-OH is 1. The maximum absolute atomic E-state index is 12.9. The number of piperidine rings is 1. The van der Waals surface area contributed by atoms with Crippen molar-refractivity contribution in [3.63, 3.8) is 0 Å². The molecule has 2 atom stereocenters. The smallest absolute Gasteiger partial charge is 0.255 e. The maximum atomic E-state index is 12.9. The van der Waals surface area contributed by atoms with Gasteiger partial charge in [0, 0.05) is 25.4 Å². The normalized spacial score (nSPS) is 22.2. The number of benzene rings is 1. The minimum absolute atomic E-state index is 0.0769. The molecule has 0 aliphatic carbocycles. The molecule has 1 fully saturated rings. The van der Waals surface area contributed by atoms with E-state index in [0.717, 1.165) is 50.9 Å². The molecule has 7 heteroatoms. The second-order valence-corrected chi connectivity index (χ2v) is 8.13. The van der Waals surface area contributed by atoms with Gasteiger partial charge in [-0.05, 0) is 70.6 Å². The fourth-order valence-electron chi connectivity index (χ4n) is 4.02. The van der Waals surface area contributed by atoms with Crippen LogP contribution in [0.2, 0.25) is 0 Å². The molecule has 3 rings (SSSR count). The van der Waals surface area contributed by atoms with Gasteiger partial charge < -0.3 is 30.1 Å². The number of aliphatic hydroxyl groups is 1. The SMILES string of the molecule is CNCCCCN1CC[C@@H](CNC(=O)c2cc(C)cc3c2OCCCO3)C(O)C1. The van der Waals surface area contributed by atoms with Crippen molar-refractivity contribution in [2.24, 2.45) is 5.92 Å². The molecule has 1 aromatic carbocycles. The third-order valence-corrected chi connectivity index (χ3v) is 5.72. The predicted octanol–water partition coefficient (Wildman–Crippen LogP) is 1.57. The van der Waals surface area contributed by atoms with Gasteiger partial charge in [0.25, 0.3) is 5.91 Å². The summed E-state index contributed by atoms with van der Waals surface area (Å²) in [7, 11) is 1.97. The van der Waals surface area contributed by atoms with Crippen molar-refractivity contribution in [2.75, 3.05) is 53.0 Å². The lowest BCUT2D eigenvalue weighted by atomic mass is 9.93. The fourth-order valence-corrected chi connectivity index (χ4v) is 4.02. The molecule has 7 nitrogen and oxygen atoms in total. The van der Waals surface area contributed by atoms with Crippen molar-refractivity contribution in [1.82, 2.24) is 15.5 Å². The number of unbranched alkanes of at least 4 members (excludes halogenated alkanes) is 1. The number of fused-ring (bicyclic) bond motifs is 1. The predicted molar refractivity (Wildman–Crippen MR) is 113 cm³/mol. The summed E-state index contributed by atoms with van der Waals surface area (Å²) in [5, 5.41) is 16.7. The third-order valence-electron chi connectivity index (χ3n) is 5.72. The first-order chi connectivity index (χ1) is 14.1. The summed E-state index contributed by atoms with van der Waals surface area (Å²) in [6.07, 6.45) is 3.56. The van der Waals surface area contributed by atoms with E-state index >= 15 is 0 Å². The Morgan fingerprint density at radius 3 is 2.90 bits per heavy atom. The number of carbonyl (C=O) groups excluding carboxylic acids is 1. The van der Waals surface area contributed by atoms with Crippen molar-refractivity contribution in [1.29, 1.82) is 0 Å². The fraction of sp³-hybridized carbons (Fsp3) is 0.682. The standard InChI is InChI=1S/C22H35N3O4/c1-16-12-18(21-20(13-16)28-10-5-11-29-21)22(27)24-14-17-6-9-25(15-19(17)26)8-4-3-7-23-2/h12-13,17,19,23,26H,3-11,14-15H2,1-2H3,(H,24,27)/t17-,19?/m0/s1. The van der Waals surface area contributed by atoms with Gasteiger partial charge in [0.2, 0.25) is 0 Å². The third kappa shape index (κ3) is 6.07. The van der Waals surface area contributed by atoms with Gasteiger partial charge in [-0.25, -0.2) is 0 Å². The lowest BCUT2D eigenvalue weighted by Gasteiger charge is -2.36. The lowest BCUT2D eigenvalue weighted by molar-refractivity contribution is 0.0216. The number of aryl methyl sites for hydroxylation is 1. The van der Waals surface area contributed by atoms with Crippen molar-refractivity contribution < 1.29 is 19.4 Å². The Balaban J connectivity index is 1.52. The monoisotopic (exact) mass is 405 g/mol. The van der Waals surface area contributed by atoms with Crippen LogP contribution < -0.4 is 20.1 Å². The summed E-state index contributed by atoms with van der Waals surface area (Å²) in [6.45, 7) is 7.25. The molecule has 29 heavy (non-hydrogen) atoms. The van der Waals surface area contributed by atoms with Crippen molar-refractivity contribution >= 4 is 5.91 Å². The number of hydrogen-bond acceptors (Lipinski definition) is 6. The van der Waals surface area contributed by atoms with E-state index < -0.39 is 6.10 Å². The Hall–Kier alpha value is -1.83. The summed E-state index contributed by atoms with van der Waals surface area (Å²) in [5.74, 6) is 1.08. The average Bonchev–Trinajstić information content (AvgIpc) is 2.95. The second kappa shape index (κ2) is 10.8. The molecule has 0 saturated carbocycles. The van der Waals surface area contributed by atoms with E-state index in [4.69, 9.17) is 9.47 Å². The molecule has 1 amide bonds. The average molecular weight is 406 g/mol. The first-order valence-corrected chi connectivity index (χ1v) is 10.8. The van der Waals surface area contributed by atoms with Crippen LogP contribution in [0.3, 0.4) is 0 Å². The molecule has 162 valence electrons. The van der Waals surface area contributed by atoms with Crippen molar-refractivity contribution in [3.05, 3.63) is 23.3 Å². The van der Waals surface area contributed by atoms with Crippen LogP contribution in [0.4, 0.5) is 0 Å². The van der Waals surface area contributed by atoms with Crippen molar-refractivity contribution in [3.8, 4) is 11.5 Å². The number of nitrogens with one attached hydrogen (secondary N) is 2. The second-order valence-electron chi connectivity index (χ2n) is 8.13. The summed E-state index contributed by atoms with van der Waals surface area (Å²) in [5.41, 5.74) is 1.48. The van der Waals surface area contributed by atoms with E-state index in [-0.39, 0.29) is 11.8 Å². The molecule has 0 spiro atoms. The Bertz CT molecular complexity index is 682. The zero-order valence-electron chi connectivity index (χ0n) is 17.7. The van der Waals surface area contributed by atoms with Crippen LogP contribution in [0.1, 0.15) is 41.6 Å². The minimum Gasteiger partial charge on any atom is -0.490 e. The molecule has 0 bridgehead atoms. The summed E-state index contributed by atoms with van der Waals surface area (Å²) in [6, 6.07) is 3.75. The van der Waals surface area contributed by atoms with Gasteiger partial charge in [0.1, 0.15) is 0 Å². The minimum atomic E-state index is -0.414. The highest BCUT2D eigenvalue weighted by molar-refractivity contribution is 5.98. The molecule has 2 aliphatic rings. The first kappa shape index (κ1) is 21.9. The Morgan fingerprint density at radius 1 is 1.28 bits per heavy atom. The van der Waals surface area contributed by atoms with Gasteiger partial charge in [-0.15, -0.1) is 0 Å². The molecule has 1 unspecified atom stereocenters. The van der Waals surface area contributed by atoms with Crippen LogP contribution in [0.5, 0.6) is 11.5 Å². The van der Waals surface area contributed by atoms with Crippen molar-refractivity contribution in [2.45, 2.75) is 38.7 Å².